The topological polar surface area (TPSA) is 79.1 Å². The van der Waals surface area contributed by atoms with Crippen LogP contribution in [0.3, 0.4) is 0 Å². The summed E-state index contributed by atoms with van der Waals surface area (Å²) < 4.78 is 12.1. The summed E-state index contributed by atoms with van der Waals surface area (Å²) in [5, 5.41) is 11.3. The van der Waals surface area contributed by atoms with Gasteiger partial charge in [0.2, 0.25) is 0 Å². The number of carbonyl (C=O) groups excluding carboxylic acids is 1. The molecule has 7 heteroatoms. The van der Waals surface area contributed by atoms with E-state index in [0.717, 1.165) is 17.7 Å². The first-order valence-corrected chi connectivity index (χ1v) is 7.27. The van der Waals surface area contributed by atoms with Gasteiger partial charge >= 0.3 is 5.97 Å². The van der Waals surface area contributed by atoms with Gasteiger partial charge in [0, 0.05) is 13.0 Å². The molecule has 0 fully saturated rings. The van der Waals surface area contributed by atoms with E-state index in [0.29, 0.717) is 18.8 Å². The van der Waals surface area contributed by atoms with Gasteiger partial charge in [0.05, 0.1) is 7.11 Å². The Bertz CT molecular complexity index is 612. The maximum Gasteiger partial charge on any atom is 0.306 e. The highest BCUT2D eigenvalue weighted by Gasteiger charge is 2.10. The van der Waals surface area contributed by atoms with Crippen molar-refractivity contribution < 1.29 is 14.3 Å². The average molecular weight is 304 g/mol. The van der Waals surface area contributed by atoms with Crippen LogP contribution in [-0.2, 0) is 29.1 Å². The molecule has 0 spiro atoms. The summed E-state index contributed by atoms with van der Waals surface area (Å²) in [6.07, 6.45) is 1.78. The zero-order chi connectivity index (χ0) is 15.8. The Morgan fingerprint density at radius 2 is 2.14 bits per heavy atom. The zero-order valence-electron chi connectivity index (χ0n) is 12.9. The highest BCUT2D eigenvalue weighted by Crippen LogP contribution is 2.19. The van der Waals surface area contributed by atoms with Crippen molar-refractivity contribution >= 4 is 5.97 Å². The van der Waals surface area contributed by atoms with E-state index in [1.165, 1.54) is 0 Å². The number of carbonyl (C=O) groups is 1. The molecular formula is C15H20N4O3. The predicted octanol–water partition coefficient (Wildman–Crippen LogP) is 1.77. The third kappa shape index (κ3) is 4.28. The number of nitrogens with zero attached hydrogens (tertiary/aromatic N) is 4. The number of para-hydroxylation sites is 1. The first-order chi connectivity index (χ1) is 10.7. The van der Waals surface area contributed by atoms with Crippen LogP contribution in [0.1, 0.15) is 31.2 Å². The minimum atomic E-state index is -0.281. The summed E-state index contributed by atoms with van der Waals surface area (Å²) in [6, 6.07) is 7.63. The van der Waals surface area contributed by atoms with Crippen LogP contribution in [0.15, 0.2) is 24.3 Å². The number of aryl methyl sites for hydroxylation is 2. The van der Waals surface area contributed by atoms with Gasteiger partial charge in [0.1, 0.15) is 5.75 Å². The average Bonchev–Trinajstić information content (AvgIpc) is 2.99. The number of methoxy groups -OCH3 is 1. The van der Waals surface area contributed by atoms with Crippen molar-refractivity contribution in [3.05, 3.63) is 35.7 Å². The molecule has 0 saturated heterocycles. The first-order valence-electron chi connectivity index (χ1n) is 7.27. The molecule has 0 aliphatic carbocycles. The fourth-order valence-corrected chi connectivity index (χ4v) is 2.08. The van der Waals surface area contributed by atoms with Crippen LogP contribution in [0, 0.1) is 0 Å². The van der Waals surface area contributed by atoms with Crippen LogP contribution in [0.4, 0.5) is 0 Å². The van der Waals surface area contributed by atoms with Gasteiger partial charge in [-0.1, -0.05) is 25.1 Å². The Balaban J connectivity index is 1.82. The summed E-state index contributed by atoms with van der Waals surface area (Å²) in [5.41, 5.74) is 0.984. The second kappa shape index (κ2) is 8.11. The zero-order valence-corrected chi connectivity index (χ0v) is 12.9. The Hall–Kier alpha value is -2.44. The van der Waals surface area contributed by atoms with Gasteiger partial charge in [-0.3, -0.25) is 4.79 Å². The van der Waals surface area contributed by atoms with Crippen molar-refractivity contribution in [1.82, 2.24) is 20.2 Å². The summed E-state index contributed by atoms with van der Waals surface area (Å²) in [5.74, 6) is 1.06. The third-order valence-corrected chi connectivity index (χ3v) is 3.19. The normalized spacial score (nSPS) is 10.5. The number of tetrazole rings is 1. The highest BCUT2D eigenvalue weighted by molar-refractivity contribution is 5.69. The lowest BCUT2D eigenvalue weighted by molar-refractivity contribution is -0.145. The van der Waals surface area contributed by atoms with E-state index in [4.69, 9.17) is 9.47 Å². The van der Waals surface area contributed by atoms with E-state index in [-0.39, 0.29) is 19.0 Å². The van der Waals surface area contributed by atoms with E-state index in [2.05, 4.69) is 15.5 Å². The molecule has 0 unspecified atom stereocenters. The molecule has 0 saturated carbocycles. The predicted molar refractivity (Wildman–Crippen MR) is 79.2 cm³/mol. The smallest absolute Gasteiger partial charge is 0.306 e. The molecule has 1 aromatic heterocycles. The maximum absolute atomic E-state index is 11.8. The van der Waals surface area contributed by atoms with Crippen molar-refractivity contribution in [2.24, 2.45) is 0 Å². The quantitative estimate of drug-likeness (QED) is 0.692. The largest absolute Gasteiger partial charge is 0.496 e. The number of rotatable bonds is 8. The van der Waals surface area contributed by atoms with Gasteiger partial charge in [-0.15, -0.1) is 5.10 Å². The first kappa shape index (κ1) is 15.9. The summed E-state index contributed by atoms with van der Waals surface area (Å²) in [7, 11) is 1.62. The Kier molecular flexibility index (Phi) is 5.88. The SMILES string of the molecule is CCCn1nnnc1COC(=O)CCc1ccccc1OC. The van der Waals surface area contributed by atoms with Gasteiger partial charge < -0.3 is 9.47 Å². The van der Waals surface area contributed by atoms with Crippen LogP contribution in [0.5, 0.6) is 5.75 Å². The van der Waals surface area contributed by atoms with Crippen LogP contribution in [-0.4, -0.2) is 33.3 Å². The van der Waals surface area contributed by atoms with E-state index in [9.17, 15) is 4.79 Å². The molecule has 1 heterocycles. The lowest BCUT2D eigenvalue weighted by Crippen LogP contribution is -2.11. The lowest BCUT2D eigenvalue weighted by Gasteiger charge is -2.08. The van der Waals surface area contributed by atoms with E-state index in [1.807, 2.05) is 31.2 Å². The van der Waals surface area contributed by atoms with E-state index >= 15 is 0 Å². The number of hydrogen-bond donors (Lipinski definition) is 0. The molecule has 22 heavy (non-hydrogen) atoms. The number of benzene rings is 1. The third-order valence-electron chi connectivity index (χ3n) is 3.19. The van der Waals surface area contributed by atoms with Gasteiger partial charge in [-0.25, -0.2) is 4.68 Å². The minimum absolute atomic E-state index is 0.0950. The number of ether oxygens (including phenoxy) is 2. The van der Waals surface area contributed by atoms with Crippen molar-refractivity contribution in [3.63, 3.8) is 0 Å². The summed E-state index contributed by atoms with van der Waals surface area (Å²) >= 11 is 0. The Morgan fingerprint density at radius 1 is 1.32 bits per heavy atom. The molecule has 0 bridgehead atoms. The second-order valence-electron chi connectivity index (χ2n) is 4.79. The molecule has 2 aromatic rings. The molecule has 0 aliphatic rings. The molecule has 0 radical (unpaired) electrons. The van der Waals surface area contributed by atoms with Crippen molar-refractivity contribution in [1.29, 1.82) is 0 Å². The summed E-state index contributed by atoms with van der Waals surface area (Å²) in [6.45, 7) is 2.84. The number of aromatic nitrogens is 4. The molecule has 2 rings (SSSR count). The van der Waals surface area contributed by atoms with E-state index < -0.39 is 0 Å². The lowest BCUT2D eigenvalue weighted by atomic mass is 10.1. The van der Waals surface area contributed by atoms with Gasteiger partial charge in [-0.05, 0) is 34.9 Å². The van der Waals surface area contributed by atoms with Crippen LogP contribution < -0.4 is 4.74 Å². The fourth-order valence-electron chi connectivity index (χ4n) is 2.08. The monoisotopic (exact) mass is 304 g/mol. The fraction of sp³-hybridized carbons (Fsp3) is 0.467. The van der Waals surface area contributed by atoms with Crippen molar-refractivity contribution in [2.45, 2.75) is 39.3 Å². The molecule has 0 amide bonds. The van der Waals surface area contributed by atoms with Gasteiger partial charge in [0.15, 0.2) is 12.4 Å². The molecule has 118 valence electrons. The Labute approximate surface area is 129 Å². The van der Waals surface area contributed by atoms with Crippen molar-refractivity contribution in [2.75, 3.05) is 7.11 Å². The standard InChI is InChI=1S/C15H20N4O3/c1-3-10-19-14(16-17-18-19)11-22-15(20)9-8-12-6-4-5-7-13(12)21-2/h4-7H,3,8-11H2,1-2H3. The van der Waals surface area contributed by atoms with Crippen LogP contribution >= 0.6 is 0 Å². The maximum atomic E-state index is 11.8. The van der Waals surface area contributed by atoms with Crippen LogP contribution in [0.25, 0.3) is 0 Å². The molecule has 0 aliphatic heterocycles. The number of hydrogen-bond acceptors (Lipinski definition) is 6. The highest BCUT2D eigenvalue weighted by atomic mass is 16.5. The van der Waals surface area contributed by atoms with Crippen molar-refractivity contribution in [3.8, 4) is 5.75 Å². The molecule has 1 aromatic carbocycles. The molecule has 0 N–H and O–H groups in total. The number of esters is 1. The van der Waals surface area contributed by atoms with E-state index in [1.54, 1.807) is 11.8 Å². The second-order valence-corrected chi connectivity index (χ2v) is 4.79. The molecule has 0 atom stereocenters. The van der Waals surface area contributed by atoms with Gasteiger partial charge in [-0.2, -0.15) is 0 Å². The molecular weight excluding hydrogens is 284 g/mol. The Morgan fingerprint density at radius 3 is 2.91 bits per heavy atom. The summed E-state index contributed by atoms with van der Waals surface area (Å²) in [4.78, 5) is 11.8. The molecule has 7 nitrogen and oxygen atoms in total. The van der Waals surface area contributed by atoms with Gasteiger partial charge in [0.25, 0.3) is 0 Å². The minimum Gasteiger partial charge on any atom is -0.496 e. The van der Waals surface area contributed by atoms with Crippen LogP contribution in [0.2, 0.25) is 0 Å².